The molecule has 0 atom stereocenters. The van der Waals surface area contributed by atoms with Crippen molar-refractivity contribution in [3.8, 4) is 0 Å². The van der Waals surface area contributed by atoms with Crippen LogP contribution < -0.4 is 10.6 Å². The zero-order valence-corrected chi connectivity index (χ0v) is 17.8. The molecule has 0 unspecified atom stereocenters. The van der Waals surface area contributed by atoms with Gasteiger partial charge in [-0.05, 0) is 44.0 Å². The van der Waals surface area contributed by atoms with E-state index in [0.717, 1.165) is 64.6 Å². The highest BCUT2D eigenvalue weighted by Crippen LogP contribution is 2.13. The van der Waals surface area contributed by atoms with E-state index in [1.165, 1.54) is 11.1 Å². The number of nitrogens with one attached hydrogen (secondary N) is 2. The van der Waals surface area contributed by atoms with Gasteiger partial charge in [0.05, 0.1) is 6.54 Å². The van der Waals surface area contributed by atoms with E-state index in [2.05, 4.69) is 60.6 Å². The third-order valence-electron chi connectivity index (χ3n) is 5.23. The summed E-state index contributed by atoms with van der Waals surface area (Å²) < 4.78 is 0. The van der Waals surface area contributed by atoms with Gasteiger partial charge in [-0.15, -0.1) is 0 Å². The van der Waals surface area contributed by atoms with E-state index in [0.29, 0.717) is 18.9 Å². The summed E-state index contributed by atoms with van der Waals surface area (Å²) >= 11 is 0. The van der Waals surface area contributed by atoms with Crippen LogP contribution in [0.15, 0.2) is 29.3 Å². The number of rotatable bonds is 11. The summed E-state index contributed by atoms with van der Waals surface area (Å²) in [5.41, 5.74) is 2.62. The number of nitrogens with zero attached hydrogens (tertiary/aromatic N) is 3. The van der Waals surface area contributed by atoms with Gasteiger partial charge in [-0.25, -0.2) is 4.99 Å². The molecule has 0 saturated carbocycles. The molecule has 0 aromatic heterocycles. The molecule has 0 spiro atoms. The smallest absolute Gasteiger partial charge is 0.222 e. The van der Waals surface area contributed by atoms with Gasteiger partial charge in [0.1, 0.15) is 0 Å². The maximum absolute atomic E-state index is 11.7. The summed E-state index contributed by atoms with van der Waals surface area (Å²) in [6, 6.07) is 8.57. The molecule has 2 rings (SSSR count). The third kappa shape index (κ3) is 7.15. The van der Waals surface area contributed by atoms with Crippen LogP contribution in [0.3, 0.4) is 0 Å². The molecule has 1 fully saturated rings. The summed E-state index contributed by atoms with van der Waals surface area (Å²) in [6.07, 6.45) is 2.66. The standard InChI is InChI=1S/C22H37N5O/c1-4-23-22(24-14-10-16-27-15-9-13-21(27)28)25-17-19-11-7-8-12-20(19)18-26(5-2)6-3/h7-8,11-12H,4-6,9-10,13-18H2,1-3H3,(H2,23,24,25). The fraction of sp³-hybridized carbons (Fsp3) is 0.636. The molecule has 0 aliphatic carbocycles. The fourth-order valence-corrected chi connectivity index (χ4v) is 3.48. The average molecular weight is 388 g/mol. The molecular weight excluding hydrogens is 350 g/mol. The number of hydrogen-bond acceptors (Lipinski definition) is 3. The summed E-state index contributed by atoms with van der Waals surface area (Å²) in [6.45, 7) is 13.6. The van der Waals surface area contributed by atoms with Gasteiger partial charge >= 0.3 is 0 Å². The molecule has 156 valence electrons. The Labute approximate surface area is 170 Å². The monoisotopic (exact) mass is 387 g/mol. The summed E-state index contributed by atoms with van der Waals surface area (Å²) in [5.74, 6) is 1.14. The number of aliphatic imine (C=N–C) groups is 1. The molecule has 2 N–H and O–H groups in total. The summed E-state index contributed by atoms with van der Waals surface area (Å²) in [5, 5.41) is 6.72. The van der Waals surface area contributed by atoms with Crippen LogP contribution in [-0.2, 0) is 17.9 Å². The second kappa shape index (κ2) is 12.4. The fourth-order valence-electron chi connectivity index (χ4n) is 3.48. The molecule has 1 aliphatic rings. The predicted octanol–water partition coefficient (Wildman–Crippen LogP) is 2.60. The van der Waals surface area contributed by atoms with Gasteiger partial charge in [-0.2, -0.15) is 0 Å². The first-order chi connectivity index (χ1) is 13.7. The molecule has 6 nitrogen and oxygen atoms in total. The van der Waals surface area contributed by atoms with Gasteiger partial charge < -0.3 is 15.5 Å². The largest absolute Gasteiger partial charge is 0.357 e. The van der Waals surface area contributed by atoms with Gasteiger partial charge in [0.2, 0.25) is 5.91 Å². The highest BCUT2D eigenvalue weighted by atomic mass is 16.2. The minimum Gasteiger partial charge on any atom is -0.357 e. The number of likely N-dealkylation sites (tertiary alicyclic amines) is 1. The van der Waals surface area contributed by atoms with Crippen molar-refractivity contribution in [2.24, 2.45) is 4.99 Å². The second-order valence-electron chi connectivity index (χ2n) is 7.19. The molecule has 1 aromatic rings. The van der Waals surface area contributed by atoms with Gasteiger partial charge in [0, 0.05) is 39.1 Å². The SMILES string of the molecule is CCNC(=NCc1ccccc1CN(CC)CC)NCCCN1CCCC1=O. The van der Waals surface area contributed by atoms with E-state index in [1.807, 2.05) is 4.90 Å². The Morgan fingerprint density at radius 1 is 1.14 bits per heavy atom. The lowest BCUT2D eigenvalue weighted by molar-refractivity contribution is -0.127. The Morgan fingerprint density at radius 3 is 2.54 bits per heavy atom. The van der Waals surface area contributed by atoms with E-state index in [1.54, 1.807) is 0 Å². The molecule has 1 amide bonds. The van der Waals surface area contributed by atoms with Crippen LogP contribution in [-0.4, -0.2) is 60.9 Å². The van der Waals surface area contributed by atoms with Crippen molar-refractivity contribution in [3.63, 3.8) is 0 Å². The average Bonchev–Trinajstić information content (AvgIpc) is 3.12. The number of amides is 1. The van der Waals surface area contributed by atoms with Crippen LogP contribution in [0.25, 0.3) is 0 Å². The lowest BCUT2D eigenvalue weighted by Crippen LogP contribution is -2.39. The zero-order valence-electron chi connectivity index (χ0n) is 17.8. The van der Waals surface area contributed by atoms with Crippen LogP contribution in [0, 0.1) is 0 Å². The maximum atomic E-state index is 11.7. The molecule has 28 heavy (non-hydrogen) atoms. The Balaban J connectivity index is 1.88. The first kappa shape index (κ1) is 22.2. The number of guanidine groups is 1. The van der Waals surface area contributed by atoms with Gasteiger partial charge in [0.15, 0.2) is 5.96 Å². The van der Waals surface area contributed by atoms with Crippen molar-refractivity contribution in [3.05, 3.63) is 35.4 Å². The Bertz CT molecular complexity index is 627. The summed E-state index contributed by atoms with van der Waals surface area (Å²) in [7, 11) is 0. The highest BCUT2D eigenvalue weighted by Gasteiger charge is 2.18. The van der Waals surface area contributed by atoms with E-state index in [9.17, 15) is 4.79 Å². The molecule has 1 aromatic carbocycles. The van der Waals surface area contributed by atoms with Crippen molar-refractivity contribution in [1.29, 1.82) is 0 Å². The van der Waals surface area contributed by atoms with E-state index >= 15 is 0 Å². The molecule has 0 bridgehead atoms. The highest BCUT2D eigenvalue weighted by molar-refractivity contribution is 5.80. The van der Waals surface area contributed by atoms with Crippen LogP contribution >= 0.6 is 0 Å². The van der Waals surface area contributed by atoms with Crippen molar-refractivity contribution in [2.75, 3.05) is 39.3 Å². The second-order valence-corrected chi connectivity index (χ2v) is 7.19. The lowest BCUT2D eigenvalue weighted by Gasteiger charge is -2.20. The van der Waals surface area contributed by atoms with E-state index < -0.39 is 0 Å². The zero-order chi connectivity index (χ0) is 20.2. The molecular formula is C22H37N5O. The Morgan fingerprint density at radius 2 is 1.89 bits per heavy atom. The first-order valence-electron chi connectivity index (χ1n) is 10.8. The first-order valence-corrected chi connectivity index (χ1v) is 10.8. The quantitative estimate of drug-likeness (QED) is 0.348. The van der Waals surface area contributed by atoms with E-state index in [-0.39, 0.29) is 0 Å². The van der Waals surface area contributed by atoms with Gasteiger partial charge in [-0.3, -0.25) is 9.69 Å². The molecule has 6 heteroatoms. The molecule has 1 saturated heterocycles. The van der Waals surface area contributed by atoms with Crippen LogP contribution in [0.5, 0.6) is 0 Å². The topological polar surface area (TPSA) is 60.0 Å². The van der Waals surface area contributed by atoms with Gasteiger partial charge in [-0.1, -0.05) is 38.1 Å². The van der Waals surface area contributed by atoms with E-state index in [4.69, 9.17) is 4.99 Å². The summed E-state index contributed by atoms with van der Waals surface area (Å²) in [4.78, 5) is 20.9. The minimum atomic E-state index is 0.297. The van der Waals surface area contributed by atoms with Crippen molar-refractivity contribution in [2.45, 2.75) is 53.1 Å². The molecule has 1 heterocycles. The van der Waals surface area contributed by atoms with Gasteiger partial charge in [0.25, 0.3) is 0 Å². The molecule has 0 radical (unpaired) electrons. The number of carbonyl (C=O) groups excluding carboxylic acids is 1. The van der Waals surface area contributed by atoms with Crippen molar-refractivity contribution in [1.82, 2.24) is 20.4 Å². The predicted molar refractivity (Wildman–Crippen MR) is 116 cm³/mol. The molecule has 1 aliphatic heterocycles. The number of carbonyl (C=O) groups is 1. The Hall–Kier alpha value is -2.08. The van der Waals surface area contributed by atoms with Crippen LogP contribution in [0.1, 0.15) is 51.2 Å². The van der Waals surface area contributed by atoms with Crippen LogP contribution in [0.4, 0.5) is 0 Å². The lowest BCUT2D eigenvalue weighted by atomic mass is 10.1. The van der Waals surface area contributed by atoms with Crippen molar-refractivity contribution >= 4 is 11.9 Å². The third-order valence-corrected chi connectivity index (χ3v) is 5.23. The Kier molecular flexibility index (Phi) is 9.83. The van der Waals surface area contributed by atoms with Crippen molar-refractivity contribution < 1.29 is 4.79 Å². The van der Waals surface area contributed by atoms with Crippen LogP contribution in [0.2, 0.25) is 0 Å². The number of hydrogen-bond donors (Lipinski definition) is 2. The minimum absolute atomic E-state index is 0.297. The normalized spacial score (nSPS) is 14.8. The number of benzene rings is 1. The maximum Gasteiger partial charge on any atom is 0.222 e.